The van der Waals surface area contributed by atoms with Crippen LogP contribution in [-0.2, 0) is 17.6 Å². The van der Waals surface area contributed by atoms with E-state index >= 15 is 0 Å². The average molecular weight is 515 g/mol. The maximum Gasteiger partial charge on any atom is 0.222 e. The molecule has 0 aliphatic heterocycles. The van der Waals surface area contributed by atoms with Gasteiger partial charge < -0.3 is 15.0 Å². The van der Waals surface area contributed by atoms with Crippen molar-refractivity contribution in [1.82, 2.24) is 14.7 Å². The van der Waals surface area contributed by atoms with E-state index in [1.807, 2.05) is 60.7 Å². The first-order chi connectivity index (χ1) is 18.0. The van der Waals surface area contributed by atoms with Crippen LogP contribution in [0.4, 0.5) is 5.13 Å². The summed E-state index contributed by atoms with van der Waals surface area (Å²) in [6.07, 6.45) is 1.76. The van der Waals surface area contributed by atoms with Crippen molar-refractivity contribution in [2.45, 2.75) is 45.2 Å². The van der Waals surface area contributed by atoms with Gasteiger partial charge in [-0.15, -0.1) is 0 Å². The van der Waals surface area contributed by atoms with Crippen molar-refractivity contribution in [2.24, 2.45) is 0 Å². The number of rotatable bonds is 12. The molecule has 1 heterocycles. The average Bonchev–Trinajstić information content (AvgIpc) is 3.37. The first-order valence-corrected chi connectivity index (χ1v) is 13.4. The Morgan fingerprint density at radius 1 is 0.973 bits per heavy atom. The van der Waals surface area contributed by atoms with Crippen LogP contribution in [0.15, 0.2) is 84.9 Å². The topological polar surface area (TPSA) is 67.3 Å². The van der Waals surface area contributed by atoms with Crippen LogP contribution in [0, 0.1) is 0 Å². The van der Waals surface area contributed by atoms with E-state index in [0.29, 0.717) is 19.4 Å². The highest BCUT2D eigenvalue weighted by Crippen LogP contribution is 2.23. The Morgan fingerprint density at radius 3 is 2.38 bits per heavy atom. The van der Waals surface area contributed by atoms with Crippen LogP contribution in [0.3, 0.4) is 0 Å². The summed E-state index contributed by atoms with van der Waals surface area (Å²) < 4.78 is 9.91. The Labute approximate surface area is 223 Å². The molecule has 3 aromatic carbocycles. The number of nitrogens with one attached hydrogen (secondary N) is 1. The van der Waals surface area contributed by atoms with Gasteiger partial charge in [0.15, 0.2) is 0 Å². The molecule has 0 fully saturated rings. The van der Waals surface area contributed by atoms with E-state index in [2.05, 4.69) is 52.7 Å². The summed E-state index contributed by atoms with van der Waals surface area (Å²) >= 11 is 1.38. The number of carbonyl (C=O) groups is 1. The van der Waals surface area contributed by atoms with Crippen molar-refractivity contribution < 1.29 is 9.53 Å². The third-order valence-corrected chi connectivity index (χ3v) is 7.01. The normalized spacial score (nSPS) is 11.8. The maximum absolute atomic E-state index is 13.1. The van der Waals surface area contributed by atoms with Crippen LogP contribution in [0.5, 0.6) is 5.75 Å². The summed E-state index contributed by atoms with van der Waals surface area (Å²) in [6.45, 7) is 4.80. The van der Waals surface area contributed by atoms with E-state index in [9.17, 15) is 4.79 Å². The van der Waals surface area contributed by atoms with Gasteiger partial charge in [0.1, 0.15) is 11.6 Å². The van der Waals surface area contributed by atoms with Gasteiger partial charge in [-0.1, -0.05) is 72.8 Å². The van der Waals surface area contributed by atoms with Gasteiger partial charge >= 0.3 is 0 Å². The molecule has 0 bridgehead atoms. The SMILES string of the molecule is COc1cccc(Cc2nsc(N(CCC(=O)NC(Cc3ccccc3)c3ccccc3)C(C)C)n2)c1. The molecular weight excluding hydrogens is 480 g/mol. The monoisotopic (exact) mass is 514 g/mol. The highest BCUT2D eigenvalue weighted by atomic mass is 32.1. The quantitative estimate of drug-likeness (QED) is 0.257. The molecule has 0 aliphatic rings. The van der Waals surface area contributed by atoms with Gasteiger partial charge in [-0.2, -0.15) is 4.37 Å². The third kappa shape index (κ3) is 7.64. The van der Waals surface area contributed by atoms with Crippen molar-refractivity contribution in [1.29, 1.82) is 0 Å². The van der Waals surface area contributed by atoms with E-state index in [1.54, 1.807) is 7.11 Å². The predicted molar refractivity (Wildman–Crippen MR) is 150 cm³/mol. The minimum Gasteiger partial charge on any atom is -0.497 e. The molecule has 6 nitrogen and oxygen atoms in total. The second-order valence-electron chi connectivity index (χ2n) is 9.28. The molecule has 192 valence electrons. The van der Waals surface area contributed by atoms with Crippen molar-refractivity contribution in [3.63, 3.8) is 0 Å². The standard InChI is InChI=1S/C30H34N4O2S/c1-22(2)34(30-32-28(33-37-30)21-24-13-10-16-26(19-24)36-3)18-17-29(35)31-27(25-14-8-5-9-15-25)20-23-11-6-4-7-12-23/h4-16,19,22,27H,17-18,20-21H2,1-3H3,(H,31,35). The largest absolute Gasteiger partial charge is 0.497 e. The lowest BCUT2D eigenvalue weighted by molar-refractivity contribution is -0.121. The molecule has 1 aromatic heterocycles. The van der Waals surface area contributed by atoms with E-state index in [0.717, 1.165) is 34.3 Å². The summed E-state index contributed by atoms with van der Waals surface area (Å²) in [5.74, 6) is 1.62. The summed E-state index contributed by atoms with van der Waals surface area (Å²) in [5.41, 5.74) is 3.40. The van der Waals surface area contributed by atoms with Gasteiger partial charge in [-0.25, -0.2) is 4.98 Å². The van der Waals surface area contributed by atoms with Crippen LogP contribution in [0.25, 0.3) is 0 Å². The number of hydrogen-bond acceptors (Lipinski definition) is 6. The fourth-order valence-electron chi connectivity index (χ4n) is 4.25. The molecule has 1 amide bonds. The zero-order valence-corrected chi connectivity index (χ0v) is 22.4. The molecule has 4 rings (SSSR count). The van der Waals surface area contributed by atoms with Crippen LogP contribution >= 0.6 is 11.5 Å². The van der Waals surface area contributed by atoms with E-state index < -0.39 is 0 Å². The molecule has 1 N–H and O–H groups in total. The first kappa shape index (κ1) is 26.4. The number of benzene rings is 3. The smallest absolute Gasteiger partial charge is 0.222 e. The number of hydrogen-bond donors (Lipinski definition) is 1. The molecule has 1 unspecified atom stereocenters. The number of carbonyl (C=O) groups excluding carboxylic acids is 1. The minimum atomic E-state index is -0.0837. The highest BCUT2D eigenvalue weighted by molar-refractivity contribution is 7.09. The lowest BCUT2D eigenvalue weighted by Gasteiger charge is -2.26. The molecule has 0 radical (unpaired) electrons. The van der Waals surface area contributed by atoms with Crippen molar-refractivity contribution in [3.8, 4) is 5.75 Å². The molecule has 0 aliphatic carbocycles. The number of anilines is 1. The van der Waals surface area contributed by atoms with Crippen LogP contribution in [-0.4, -0.2) is 35.0 Å². The van der Waals surface area contributed by atoms with Crippen LogP contribution in [0.1, 0.15) is 48.8 Å². The number of ether oxygens (including phenoxy) is 1. The fourth-order valence-corrected chi connectivity index (χ4v) is 5.09. The van der Waals surface area contributed by atoms with E-state index in [4.69, 9.17) is 9.72 Å². The summed E-state index contributed by atoms with van der Waals surface area (Å²) in [7, 11) is 1.67. The molecule has 1 atom stereocenters. The molecule has 4 aromatic rings. The molecule has 0 spiro atoms. The van der Waals surface area contributed by atoms with Crippen molar-refractivity contribution in [2.75, 3.05) is 18.6 Å². The summed E-state index contributed by atoms with van der Waals surface area (Å²) in [5, 5.41) is 4.10. The van der Waals surface area contributed by atoms with Gasteiger partial charge in [-0.05, 0) is 49.1 Å². The van der Waals surface area contributed by atoms with Gasteiger partial charge in [0, 0.05) is 37.0 Å². The number of nitrogens with zero attached hydrogens (tertiary/aromatic N) is 3. The van der Waals surface area contributed by atoms with Crippen LogP contribution in [0.2, 0.25) is 0 Å². The zero-order valence-electron chi connectivity index (χ0n) is 21.6. The summed E-state index contributed by atoms with van der Waals surface area (Å²) in [4.78, 5) is 20.0. The van der Waals surface area contributed by atoms with Gasteiger partial charge in [-0.3, -0.25) is 4.79 Å². The van der Waals surface area contributed by atoms with Gasteiger partial charge in [0.25, 0.3) is 0 Å². The van der Waals surface area contributed by atoms with E-state index in [-0.39, 0.29) is 18.0 Å². The Morgan fingerprint density at radius 2 is 1.68 bits per heavy atom. The van der Waals surface area contributed by atoms with Crippen molar-refractivity contribution in [3.05, 3.63) is 107 Å². The third-order valence-electron chi connectivity index (χ3n) is 6.22. The summed E-state index contributed by atoms with van der Waals surface area (Å²) in [6, 6.07) is 28.5. The molecule has 7 heteroatoms. The number of amides is 1. The highest BCUT2D eigenvalue weighted by Gasteiger charge is 2.20. The zero-order chi connectivity index (χ0) is 26.0. The Kier molecular flexibility index (Phi) is 9.27. The lowest BCUT2D eigenvalue weighted by Crippen LogP contribution is -2.36. The predicted octanol–water partition coefficient (Wildman–Crippen LogP) is 5.84. The Hall–Kier alpha value is -3.71. The number of aromatic nitrogens is 2. The molecule has 0 saturated carbocycles. The second-order valence-corrected chi connectivity index (χ2v) is 10.0. The van der Waals surface area contributed by atoms with Crippen molar-refractivity contribution >= 4 is 22.6 Å². The number of methoxy groups -OCH3 is 1. The first-order valence-electron chi connectivity index (χ1n) is 12.6. The van der Waals surface area contributed by atoms with Crippen LogP contribution < -0.4 is 15.0 Å². The van der Waals surface area contributed by atoms with E-state index in [1.165, 1.54) is 17.1 Å². The van der Waals surface area contributed by atoms with Gasteiger partial charge in [0.05, 0.1) is 13.2 Å². The molecule has 0 saturated heterocycles. The Balaban J connectivity index is 1.39. The van der Waals surface area contributed by atoms with Gasteiger partial charge in [0.2, 0.25) is 11.0 Å². The second kappa shape index (κ2) is 13.0. The lowest BCUT2D eigenvalue weighted by atomic mass is 9.98. The minimum absolute atomic E-state index is 0.0246. The fraction of sp³-hybridized carbons (Fsp3) is 0.300. The Bertz CT molecular complexity index is 1260. The maximum atomic E-state index is 13.1. The molecule has 37 heavy (non-hydrogen) atoms. The molecular formula is C30H34N4O2S.